The van der Waals surface area contributed by atoms with Gasteiger partial charge < -0.3 is 9.57 Å². The van der Waals surface area contributed by atoms with E-state index in [-0.39, 0.29) is 6.10 Å². The molecule has 4 heteroatoms. The maximum atomic E-state index is 5.81. The summed E-state index contributed by atoms with van der Waals surface area (Å²) in [5.41, 5.74) is 4.23. The summed E-state index contributed by atoms with van der Waals surface area (Å²) >= 11 is 3.47. The van der Waals surface area contributed by atoms with Gasteiger partial charge in [-0.2, -0.15) is 5.48 Å². The second-order valence-corrected chi connectivity index (χ2v) is 5.67. The zero-order valence-electron chi connectivity index (χ0n) is 10.2. The van der Waals surface area contributed by atoms with Crippen LogP contribution in [0.3, 0.4) is 0 Å². The molecule has 1 unspecified atom stereocenters. The topological polar surface area (TPSA) is 30.5 Å². The van der Waals surface area contributed by atoms with E-state index in [9.17, 15) is 0 Å². The molecule has 0 bridgehead atoms. The van der Waals surface area contributed by atoms with Gasteiger partial charge in [0.2, 0.25) is 0 Å². The predicted molar refractivity (Wildman–Crippen MR) is 71.1 cm³/mol. The molecule has 1 aliphatic heterocycles. The molecular weight excluding hydrogens is 282 g/mol. The van der Waals surface area contributed by atoms with Crippen molar-refractivity contribution in [1.29, 1.82) is 0 Å². The summed E-state index contributed by atoms with van der Waals surface area (Å²) in [5, 5.41) is 0. The van der Waals surface area contributed by atoms with E-state index < -0.39 is 0 Å². The molecule has 1 atom stereocenters. The van der Waals surface area contributed by atoms with Crippen LogP contribution in [0.2, 0.25) is 0 Å². The molecule has 1 N–H and O–H groups in total. The lowest BCUT2D eigenvalue weighted by atomic mass is 10.1. The second-order valence-electron chi connectivity index (χ2n) is 4.75. The first-order valence-electron chi connectivity index (χ1n) is 5.95. The highest BCUT2D eigenvalue weighted by Crippen LogP contribution is 2.30. The summed E-state index contributed by atoms with van der Waals surface area (Å²) in [6.45, 7) is 5.70. The average Bonchev–Trinajstić information content (AvgIpc) is 2.66. The minimum Gasteiger partial charge on any atom is -0.488 e. The van der Waals surface area contributed by atoms with Crippen molar-refractivity contribution in [1.82, 2.24) is 5.48 Å². The van der Waals surface area contributed by atoms with Crippen molar-refractivity contribution < 1.29 is 9.57 Å². The molecule has 2 rings (SSSR count). The van der Waals surface area contributed by atoms with Gasteiger partial charge in [0.15, 0.2) is 0 Å². The largest absolute Gasteiger partial charge is 0.488 e. The number of hydrogen-bond acceptors (Lipinski definition) is 3. The number of hydrogen-bond donors (Lipinski definition) is 1. The Morgan fingerprint density at radius 1 is 1.53 bits per heavy atom. The Bertz CT molecular complexity index is 382. The molecule has 1 aromatic rings. The van der Waals surface area contributed by atoms with E-state index in [1.807, 2.05) is 12.1 Å². The Labute approximate surface area is 111 Å². The molecule has 0 amide bonds. The molecule has 0 fully saturated rings. The van der Waals surface area contributed by atoms with Gasteiger partial charge in [0.1, 0.15) is 11.9 Å². The highest BCUT2D eigenvalue weighted by molar-refractivity contribution is 9.10. The van der Waals surface area contributed by atoms with Gasteiger partial charge >= 0.3 is 0 Å². The Hall–Kier alpha value is -0.580. The first-order chi connectivity index (χ1) is 8.15. The average molecular weight is 300 g/mol. The third-order valence-corrected chi connectivity index (χ3v) is 3.09. The van der Waals surface area contributed by atoms with Gasteiger partial charge in [0.25, 0.3) is 0 Å². The van der Waals surface area contributed by atoms with Crippen LogP contribution in [0.25, 0.3) is 0 Å². The van der Waals surface area contributed by atoms with E-state index in [2.05, 4.69) is 41.3 Å². The molecule has 0 saturated carbocycles. The van der Waals surface area contributed by atoms with Crippen molar-refractivity contribution in [2.24, 2.45) is 5.92 Å². The van der Waals surface area contributed by atoms with Crippen LogP contribution in [0, 0.1) is 5.92 Å². The Morgan fingerprint density at radius 2 is 2.35 bits per heavy atom. The molecule has 0 aliphatic carbocycles. The number of nitrogens with one attached hydrogen (secondary N) is 1. The molecule has 17 heavy (non-hydrogen) atoms. The highest BCUT2D eigenvalue weighted by Gasteiger charge is 2.22. The Kier molecular flexibility index (Phi) is 4.42. The lowest BCUT2D eigenvalue weighted by Crippen LogP contribution is -2.31. The molecule has 0 spiro atoms. The van der Waals surface area contributed by atoms with Crippen LogP contribution in [0.15, 0.2) is 22.7 Å². The van der Waals surface area contributed by atoms with Crippen LogP contribution in [-0.4, -0.2) is 19.3 Å². The third-order valence-electron chi connectivity index (χ3n) is 2.59. The van der Waals surface area contributed by atoms with E-state index >= 15 is 0 Å². The van der Waals surface area contributed by atoms with Crippen LogP contribution in [-0.2, 0) is 11.3 Å². The van der Waals surface area contributed by atoms with Crippen molar-refractivity contribution in [2.75, 3.05) is 13.2 Å². The fourth-order valence-electron chi connectivity index (χ4n) is 1.78. The van der Waals surface area contributed by atoms with E-state index in [4.69, 9.17) is 9.57 Å². The fourth-order valence-corrected chi connectivity index (χ4v) is 2.19. The number of ether oxygens (including phenoxy) is 1. The molecular formula is C13H18BrNO2. The predicted octanol–water partition coefficient (Wildman–Crippen LogP) is 2.93. The van der Waals surface area contributed by atoms with Crippen molar-refractivity contribution in [3.05, 3.63) is 28.2 Å². The van der Waals surface area contributed by atoms with Gasteiger partial charge in [0.05, 0.1) is 13.2 Å². The first kappa shape index (κ1) is 12.9. The number of rotatable bonds is 5. The lowest BCUT2D eigenvalue weighted by Gasteiger charge is -2.12. The summed E-state index contributed by atoms with van der Waals surface area (Å²) in [6, 6.07) is 6.13. The molecule has 0 radical (unpaired) electrons. The van der Waals surface area contributed by atoms with Gasteiger partial charge in [0, 0.05) is 10.9 Å². The first-order valence-corrected chi connectivity index (χ1v) is 6.74. The van der Waals surface area contributed by atoms with Crippen LogP contribution < -0.4 is 10.2 Å². The minimum atomic E-state index is 0.173. The smallest absolute Gasteiger partial charge is 0.123 e. The Morgan fingerprint density at radius 3 is 3.12 bits per heavy atom. The van der Waals surface area contributed by atoms with Crippen LogP contribution in [0.5, 0.6) is 5.75 Å². The van der Waals surface area contributed by atoms with Crippen molar-refractivity contribution >= 4 is 15.9 Å². The van der Waals surface area contributed by atoms with Crippen LogP contribution in [0.1, 0.15) is 19.4 Å². The fraction of sp³-hybridized carbons (Fsp3) is 0.538. The Balaban J connectivity index is 1.76. The second kappa shape index (κ2) is 5.85. The molecule has 1 heterocycles. The zero-order chi connectivity index (χ0) is 12.3. The van der Waals surface area contributed by atoms with Crippen molar-refractivity contribution in [3.63, 3.8) is 0 Å². The summed E-state index contributed by atoms with van der Waals surface area (Å²) < 4.78 is 6.91. The maximum Gasteiger partial charge on any atom is 0.123 e. The van der Waals surface area contributed by atoms with Gasteiger partial charge in [-0.3, -0.25) is 0 Å². The van der Waals surface area contributed by atoms with E-state index in [1.165, 1.54) is 5.56 Å². The van der Waals surface area contributed by atoms with Gasteiger partial charge in [-0.05, 0) is 29.7 Å². The molecule has 0 saturated heterocycles. The quantitative estimate of drug-likeness (QED) is 0.670. The molecule has 94 valence electrons. The number of halogens is 1. The highest BCUT2D eigenvalue weighted by atomic mass is 79.9. The monoisotopic (exact) mass is 299 g/mol. The van der Waals surface area contributed by atoms with E-state index in [0.29, 0.717) is 5.92 Å². The van der Waals surface area contributed by atoms with Crippen molar-refractivity contribution in [3.8, 4) is 5.75 Å². The van der Waals surface area contributed by atoms with Gasteiger partial charge in [-0.1, -0.05) is 29.8 Å². The summed E-state index contributed by atoms with van der Waals surface area (Å²) in [4.78, 5) is 5.34. The molecule has 1 aliphatic rings. The SMILES string of the molecule is CC(C)CONCC1Cc2cc(Br)ccc2O1. The standard InChI is InChI=1S/C13H18BrNO2/c1-9(2)8-16-15-7-12-6-10-5-11(14)3-4-13(10)17-12/h3-5,9,12,15H,6-8H2,1-2H3. The minimum absolute atomic E-state index is 0.173. The van der Waals surface area contributed by atoms with Gasteiger partial charge in [-0.25, -0.2) is 0 Å². The number of hydroxylamine groups is 1. The van der Waals surface area contributed by atoms with Gasteiger partial charge in [-0.15, -0.1) is 0 Å². The molecule has 0 aromatic heterocycles. The van der Waals surface area contributed by atoms with E-state index in [0.717, 1.165) is 29.8 Å². The molecule has 1 aromatic carbocycles. The normalized spacial score (nSPS) is 18.2. The summed E-state index contributed by atoms with van der Waals surface area (Å²) in [5.74, 6) is 1.53. The molecule has 3 nitrogen and oxygen atoms in total. The lowest BCUT2D eigenvalue weighted by molar-refractivity contribution is 0.00783. The maximum absolute atomic E-state index is 5.81. The van der Waals surface area contributed by atoms with E-state index in [1.54, 1.807) is 0 Å². The van der Waals surface area contributed by atoms with Crippen molar-refractivity contribution in [2.45, 2.75) is 26.4 Å². The third kappa shape index (κ3) is 3.69. The number of fused-ring (bicyclic) bond motifs is 1. The summed E-state index contributed by atoms with van der Waals surface area (Å²) in [7, 11) is 0. The summed E-state index contributed by atoms with van der Waals surface area (Å²) in [6.07, 6.45) is 1.11. The van der Waals surface area contributed by atoms with Crippen LogP contribution >= 0.6 is 15.9 Å². The van der Waals surface area contributed by atoms with Crippen LogP contribution in [0.4, 0.5) is 0 Å². The zero-order valence-corrected chi connectivity index (χ0v) is 11.8. The number of benzene rings is 1.